The fourth-order valence-corrected chi connectivity index (χ4v) is 5.24. The van der Waals surface area contributed by atoms with Crippen LogP contribution in [-0.2, 0) is 14.9 Å². The molecule has 2 aromatic rings. The molecule has 0 radical (unpaired) electrons. The summed E-state index contributed by atoms with van der Waals surface area (Å²) in [4.78, 5) is 15.7. The van der Waals surface area contributed by atoms with Crippen LogP contribution in [0.4, 0.5) is 5.69 Å². The minimum absolute atomic E-state index is 0.0931. The first kappa shape index (κ1) is 21.2. The first-order valence-electron chi connectivity index (χ1n) is 9.72. The predicted octanol–water partition coefficient (Wildman–Crippen LogP) is 3.36. The molecule has 1 aliphatic rings. The second kappa shape index (κ2) is 8.06. The zero-order chi connectivity index (χ0) is 21.3. The van der Waals surface area contributed by atoms with Crippen LogP contribution in [0.15, 0.2) is 35.2 Å². The van der Waals surface area contributed by atoms with Crippen molar-refractivity contribution in [1.82, 2.24) is 4.90 Å². The van der Waals surface area contributed by atoms with Gasteiger partial charge in [0.15, 0.2) is 0 Å². The highest BCUT2D eigenvalue weighted by atomic mass is 32.2. The van der Waals surface area contributed by atoms with E-state index in [0.29, 0.717) is 24.2 Å². The lowest BCUT2D eigenvalue weighted by molar-refractivity contribution is -0.129. The molecule has 1 amide bonds. The van der Waals surface area contributed by atoms with Gasteiger partial charge in [-0.15, -0.1) is 0 Å². The molecule has 1 saturated heterocycles. The van der Waals surface area contributed by atoms with Crippen LogP contribution in [-0.4, -0.2) is 45.4 Å². The van der Waals surface area contributed by atoms with Crippen LogP contribution < -0.4 is 9.08 Å². The molecular weight excluding hydrogens is 388 g/mol. The van der Waals surface area contributed by atoms with Gasteiger partial charge in [0.1, 0.15) is 10.6 Å². The summed E-state index contributed by atoms with van der Waals surface area (Å²) in [6.07, 6.45) is 0. The van der Waals surface area contributed by atoms with Crippen LogP contribution in [0, 0.1) is 27.7 Å². The van der Waals surface area contributed by atoms with E-state index in [0.717, 1.165) is 29.9 Å². The first-order chi connectivity index (χ1) is 13.6. The molecule has 29 heavy (non-hydrogen) atoms. The normalized spacial score (nSPS) is 14.8. The second-order valence-corrected chi connectivity index (χ2v) is 9.10. The van der Waals surface area contributed by atoms with E-state index in [-0.39, 0.29) is 16.6 Å². The SMILES string of the molecule is CC(=O)N1CCN(c2ccc(OS(=O)(=O)c3c(C)c(C)cc(C)c3C)cc2)CC1. The Morgan fingerprint density at radius 1 is 0.897 bits per heavy atom. The summed E-state index contributed by atoms with van der Waals surface area (Å²) in [6.45, 7) is 11.9. The molecule has 1 aliphatic heterocycles. The lowest BCUT2D eigenvalue weighted by Gasteiger charge is -2.35. The van der Waals surface area contributed by atoms with Gasteiger partial charge in [0, 0.05) is 38.8 Å². The largest absolute Gasteiger partial charge is 0.379 e. The molecule has 0 N–H and O–H groups in total. The van der Waals surface area contributed by atoms with Crippen LogP contribution in [0.5, 0.6) is 5.75 Å². The van der Waals surface area contributed by atoms with Crippen LogP contribution in [0.3, 0.4) is 0 Å². The van der Waals surface area contributed by atoms with Gasteiger partial charge in [-0.1, -0.05) is 6.07 Å². The molecule has 0 spiro atoms. The van der Waals surface area contributed by atoms with Crippen molar-refractivity contribution in [3.05, 3.63) is 52.6 Å². The summed E-state index contributed by atoms with van der Waals surface area (Å²) < 4.78 is 31.4. The van der Waals surface area contributed by atoms with Crippen LogP contribution in [0.1, 0.15) is 29.2 Å². The van der Waals surface area contributed by atoms with E-state index in [1.54, 1.807) is 19.1 Å². The summed E-state index contributed by atoms with van der Waals surface area (Å²) in [5.74, 6) is 0.379. The average molecular weight is 417 g/mol. The molecule has 156 valence electrons. The molecule has 1 fully saturated rings. The lowest BCUT2D eigenvalue weighted by Crippen LogP contribution is -2.48. The van der Waals surface area contributed by atoms with Crippen molar-refractivity contribution in [1.29, 1.82) is 0 Å². The number of nitrogens with zero attached hydrogens (tertiary/aromatic N) is 2. The average Bonchev–Trinajstić information content (AvgIpc) is 2.67. The van der Waals surface area contributed by atoms with Crippen molar-refractivity contribution in [2.24, 2.45) is 0 Å². The minimum atomic E-state index is -3.93. The zero-order valence-corrected chi connectivity index (χ0v) is 18.5. The molecule has 2 aromatic carbocycles. The molecule has 6 nitrogen and oxygen atoms in total. The maximum atomic E-state index is 13.0. The van der Waals surface area contributed by atoms with E-state index in [2.05, 4.69) is 4.90 Å². The molecule has 3 rings (SSSR count). The fraction of sp³-hybridized carbons (Fsp3) is 0.409. The predicted molar refractivity (Wildman–Crippen MR) is 114 cm³/mol. The Labute approximate surface area is 173 Å². The monoisotopic (exact) mass is 416 g/mol. The van der Waals surface area contributed by atoms with Crippen molar-refractivity contribution >= 4 is 21.7 Å². The van der Waals surface area contributed by atoms with Gasteiger partial charge in [-0.25, -0.2) is 0 Å². The van der Waals surface area contributed by atoms with Gasteiger partial charge in [0.2, 0.25) is 5.91 Å². The highest BCUT2D eigenvalue weighted by Gasteiger charge is 2.24. The summed E-state index contributed by atoms with van der Waals surface area (Å²) >= 11 is 0. The third-order valence-electron chi connectivity index (χ3n) is 5.68. The molecule has 1 heterocycles. The molecular formula is C22H28N2O4S. The highest BCUT2D eigenvalue weighted by molar-refractivity contribution is 7.87. The number of aryl methyl sites for hydroxylation is 2. The van der Waals surface area contributed by atoms with Gasteiger partial charge in [-0.3, -0.25) is 4.79 Å². The van der Waals surface area contributed by atoms with Crippen molar-refractivity contribution < 1.29 is 17.4 Å². The number of amides is 1. The molecule has 0 atom stereocenters. The number of piperazine rings is 1. The maximum Gasteiger partial charge on any atom is 0.339 e. The third-order valence-corrected chi connectivity index (χ3v) is 7.20. The quantitative estimate of drug-likeness (QED) is 0.715. The summed E-state index contributed by atoms with van der Waals surface area (Å²) in [7, 11) is -3.93. The van der Waals surface area contributed by atoms with Gasteiger partial charge in [-0.2, -0.15) is 8.42 Å². The van der Waals surface area contributed by atoms with Crippen LogP contribution >= 0.6 is 0 Å². The number of rotatable bonds is 4. The standard InChI is InChI=1S/C22H28N2O4S/c1-15-14-16(2)18(4)22(17(15)3)29(26,27)28-21-8-6-20(7-9-21)24-12-10-23(11-13-24)19(5)25/h6-9,14H,10-13H2,1-5H3. The van der Waals surface area contributed by atoms with Gasteiger partial charge < -0.3 is 14.0 Å². The second-order valence-electron chi connectivity index (χ2n) is 7.61. The van der Waals surface area contributed by atoms with E-state index < -0.39 is 10.1 Å². The van der Waals surface area contributed by atoms with Gasteiger partial charge in [0.05, 0.1) is 0 Å². The van der Waals surface area contributed by atoms with Crippen molar-refractivity contribution in [2.75, 3.05) is 31.1 Å². The molecule has 0 bridgehead atoms. The van der Waals surface area contributed by atoms with E-state index >= 15 is 0 Å². The first-order valence-corrected chi connectivity index (χ1v) is 11.1. The maximum absolute atomic E-state index is 13.0. The van der Waals surface area contributed by atoms with Crippen molar-refractivity contribution in [3.63, 3.8) is 0 Å². The van der Waals surface area contributed by atoms with Crippen LogP contribution in [0.25, 0.3) is 0 Å². The summed E-state index contributed by atoms with van der Waals surface area (Å²) in [5.41, 5.74) is 4.27. The lowest BCUT2D eigenvalue weighted by atomic mass is 10.0. The molecule has 7 heteroatoms. The van der Waals surface area contributed by atoms with Gasteiger partial charge in [-0.05, 0) is 74.2 Å². The van der Waals surface area contributed by atoms with Crippen molar-refractivity contribution in [2.45, 2.75) is 39.5 Å². The Morgan fingerprint density at radius 3 is 1.90 bits per heavy atom. The third kappa shape index (κ3) is 4.40. The number of anilines is 1. The van der Waals surface area contributed by atoms with Crippen LogP contribution in [0.2, 0.25) is 0 Å². The number of carbonyl (C=O) groups is 1. The Balaban J connectivity index is 1.77. The smallest absolute Gasteiger partial charge is 0.339 e. The highest BCUT2D eigenvalue weighted by Crippen LogP contribution is 2.29. The van der Waals surface area contributed by atoms with Crippen molar-refractivity contribution in [3.8, 4) is 5.75 Å². The number of hydrogen-bond acceptors (Lipinski definition) is 5. The minimum Gasteiger partial charge on any atom is -0.379 e. The van der Waals surface area contributed by atoms with Gasteiger partial charge in [0.25, 0.3) is 0 Å². The topological polar surface area (TPSA) is 66.9 Å². The fourth-order valence-electron chi connectivity index (χ4n) is 3.72. The summed E-state index contributed by atoms with van der Waals surface area (Å²) in [5, 5.41) is 0. The Hall–Kier alpha value is -2.54. The zero-order valence-electron chi connectivity index (χ0n) is 17.7. The number of benzene rings is 2. The Kier molecular flexibility index (Phi) is 5.89. The van der Waals surface area contributed by atoms with E-state index in [4.69, 9.17) is 4.18 Å². The molecule has 0 aliphatic carbocycles. The van der Waals surface area contributed by atoms with E-state index in [1.165, 1.54) is 0 Å². The Morgan fingerprint density at radius 2 is 1.41 bits per heavy atom. The molecule has 0 aromatic heterocycles. The number of hydrogen-bond donors (Lipinski definition) is 0. The number of carbonyl (C=O) groups excluding carboxylic acids is 1. The summed E-state index contributed by atoms with van der Waals surface area (Å²) in [6, 6.07) is 9.06. The van der Waals surface area contributed by atoms with Gasteiger partial charge >= 0.3 is 10.1 Å². The molecule has 0 saturated carbocycles. The molecule has 0 unspecified atom stereocenters. The Bertz CT molecular complexity index is 996. The van der Waals surface area contributed by atoms with E-state index in [1.807, 2.05) is 50.8 Å². The van der Waals surface area contributed by atoms with E-state index in [9.17, 15) is 13.2 Å².